The van der Waals surface area contributed by atoms with E-state index in [2.05, 4.69) is 26.1 Å². The molecule has 1 aromatic carbocycles. The van der Waals surface area contributed by atoms with E-state index in [1.165, 1.54) is 4.80 Å². The Morgan fingerprint density at radius 2 is 2.00 bits per heavy atom. The molecule has 0 aliphatic rings. The fourth-order valence-corrected chi connectivity index (χ4v) is 1.65. The molecule has 2 rings (SSSR count). The van der Waals surface area contributed by atoms with Crippen LogP contribution < -0.4 is 0 Å². The third kappa shape index (κ3) is 2.24. The highest BCUT2D eigenvalue weighted by atomic mass is 79.9. The number of hydrogen-bond acceptors (Lipinski definition) is 3. The van der Waals surface area contributed by atoms with Gasteiger partial charge in [-0.1, -0.05) is 28.1 Å². The van der Waals surface area contributed by atoms with Crippen molar-refractivity contribution in [3.63, 3.8) is 0 Å². The summed E-state index contributed by atoms with van der Waals surface area (Å²) in [7, 11) is 0. The van der Waals surface area contributed by atoms with Crippen molar-refractivity contribution in [3.05, 3.63) is 30.3 Å². The zero-order chi connectivity index (χ0) is 11.4. The number of allylic oxidation sites excluding steroid dienone is 1. The summed E-state index contributed by atoms with van der Waals surface area (Å²) in [6.45, 7) is 2.53. The number of rotatable bonds is 4. The van der Waals surface area contributed by atoms with Gasteiger partial charge in [0.05, 0.1) is 6.61 Å². The van der Waals surface area contributed by atoms with E-state index >= 15 is 0 Å². The standard InChI is InChI=1S/C11H12BrN3O/c1-2-16-11(7-8-12)15-13-9-5-3-4-6-10(9)14-15/h3-7H,2,8H2,1H3. The normalized spacial score (nSPS) is 12.0. The molecule has 0 aliphatic heterocycles. The topological polar surface area (TPSA) is 39.9 Å². The fourth-order valence-electron chi connectivity index (χ4n) is 1.37. The van der Waals surface area contributed by atoms with Crippen molar-refractivity contribution in [3.8, 4) is 0 Å². The van der Waals surface area contributed by atoms with Gasteiger partial charge in [-0.15, -0.1) is 15.0 Å². The van der Waals surface area contributed by atoms with Crippen LogP contribution in [-0.4, -0.2) is 26.9 Å². The zero-order valence-corrected chi connectivity index (χ0v) is 10.5. The molecular weight excluding hydrogens is 270 g/mol. The second-order valence-corrected chi connectivity index (χ2v) is 3.76. The number of nitrogens with zero attached hydrogens (tertiary/aromatic N) is 3. The molecule has 0 amide bonds. The van der Waals surface area contributed by atoms with Gasteiger partial charge in [0.25, 0.3) is 0 Å². The lowest BCUT2D eigenvalue weighted by molar-refractivity contribution is 0.265. The summed E-state index contributed by atoms with van der Waals surface area (Å²) < 4.78 is 5.47. The van der Waals surface area contributed by atoms with E-state index in [0.717, 1.165) is 11.0 Å². The molecule has 1 heterocycles. The van der Waals surface area contributed by atoms with Crippen LogP contribution in [0.2, 0.25) is 0 Å². The first-order valence-electron chi connectivity index (χ1n) is 5.06. The lowest BCUT2D eigenvalue weighted by Crippen LogP contribution is -2.05. The summed E-state index contributed by atoms with van der Waals surface area (Å²) in [5.74, 6) is 0.649. The highest BCUT2D eigenvalue weighted by Gasteiger charge is 2.06. The van der Waals surface area contributed by atoms with Crippen molar-refractivity contribution in [2.24, 2.45) is 0 Å². The Balaban J connectivity index is 2.41. The molecule has 0 atom stereocenters. The summed E-state index contributed by atoms with van der Waals surface area (Å²) >= 11 is 3.34. The van der Waals surface area contributed by atoms with Crippen molar-refractivity contribution in [2.45, 2.75) is 6.92 Å². The minimum absolute atomic E-state index is 0.594. The minimum Gasteiger partial charge on any atom is -0.477 e. The van der Waals surface area contributed by atoms with E-state index in [9.17, 15) is 0 Å². The Labute approximate surface area is 102 Å². The molecule has 0 unspecified atom stereocenters. The number of ether oxygens (including phenoxy) is 1. The number of fused-ring (bicyclic) bond motifs is 1. The average molecular weight is 282 g/mol. The zero-order valence-electron chi connectivity index (χ0n) is 8.93. The Hall–Kier alpha value is -1.36. The Bertz CT molecular complexity index is 474. The number of hydrogen-bond donors (Lipinski definition) is 0. The summed E-state index contributed by atoms with van der Waals surface area (Å²) in [5.41, 5.74) is 1.73. The van der Waals surface area contributed by atoms with E-state index in [4.69, 9.17) is 4.74 Å². The van der Waals surface area contributed by atoms with Crippen LogP contribution in [0.25, 0.3) is 16.9 Å². The third-order valence-electron chi connectivity index (χ3n) is 2.03. The van der Waals surface area contributed by atoms with E-state index in [1.54, 1.807) is 0 Å². The maximum atomic E-state index is 5.47. The van der Waals surface area contributed by atoms with Crippen LogP contribution in [-0.2, 0) is 4.74 Å². The molecular formula is C11H12BrN3O. The Morgan fingerprint density at radius 1 is 1.38 bits per heavy atom. The first-order valence-corrected chi connectivity index (χ1v) is 6.18. The van der Waals surface area contributed by atoms with Crippen molar-refractivity contribution in [1.82, 2.24) is 15.0 Å². The SMILES string of the molecule is CCOC(=CCBr)n1nc2ccccc2n1. The smallest absolute Gasteiger partial charge is 0.229 e. The van der Waals surface area contributed by atoms with Crippen LogP contribution in [0.5, 0.6) is 0 Å². The van der Waals surface area contributed by atoms with E-state index < -0.39 is 0 Å². The number of halogens is 1. The highest BCUT2D eigenvalue weighted by molar-refractivity contribution is 9.09. The van der Waals surface area contributed by atoms with Crippen molar-refractivity contribution < 1.29 is 4.74 Å². The van der Waals surface area contributed by atoms with Gasteiger partial charge in [0.15, 0.2) is 0 Å². The van der Waals surface area contributed by atoms with Gasteiger partial charge < -0.3 is 4.74 Å². The predicted octanol–water partition coefficient (Wildman–Crippen LogP) is 2.66. The van der Waals surface area contributed by atoms with Crippen molar-refractivity contribution >= 4 is 32.8 Å². The van der Waals surface area contributed by atoms with Crippen molar-refractivity contribution in [1.29, 1.82) is 0 Å². The predicted molar refractivity (Wildman–Crippen MR) is 67.2 cm³/mol. The molecule has 0 bridgehead atoms. The summed E-state index contributed by atoms with van der Waals surface area (Å²) in [6.07, 6.45) is 1.89. The van der Waals surface area contributed by atoms with Gasteiger partial charge in [-0.3, -0.25) is 0 Å². The van der Waals surface area contributed by atoms with Gasteiger partial charge in [0, 0.05) is 5.33 Å². The highest BCUT2D eigenvalue weighted by Crippen LogP contribution is 2.11. The largest absolute Gasteiger partial charge is 0.477 e. The molecule has 16 heavy (non-hydrogen) atoms. The first-order chi connectivity index (χ1) is 7.85. The number of alkyl halides is 1. The van der Waals surface area contributed by atoms with Gasteiger partial charge in [0.2, 0.25) is 5.88 Å². The Kier molecular flexibility index (Phi) is 3.56. The molecule has 0 fully saturated rings. The van der Waals surface area contributed by atoms with E-state index in [1.807, 2.05) is 37.3 Å². The van der Waals surface area contributed by atoms with Gasteiger partial charge in [-0.05, 0) is 25.1 Å². The molecule has 5 heteroatoms. The molecule has 0 N–H and O–H groups in total. The van der Waals surface area contributed by atoms with Gasteiger partial charge in [-0.2, -0.15) is 0 Å². The van der Waals surface area contributed by atoms with Crippen LogP contribution in [0, 0.1) is 0 Å². The summed E-state index contributed by atoms with van der Waals surface area (Å²) in [6, 6.07) is 7.73. The molecule has 2 aromatic rings. The monoisotopic (exact) mass is 281 g/mol. The van der Waals surface area contributed by atoms with Crippen LogP contribution in [0.3, 0.4) is 0 Å². The second kappa shape index (κ2) is 5.12. The quantitative estimate of drug-likeness (QED) is 0.639. The lowest BCUT2D eigenvalue weighted by Gasteiger charge is -2.05. The first kappa shape index (κ1) is 11.1. The molecule has 0 aliphatic carbocycles. The number of benzene rings is 1. The molecule has 4 nitrogen and oxygen atoms in total. The fraction of sp³-hybridized carbons (Fsp3) is 0.273. The van der Waals surface area contributed by atoms with Crippen LogP contribution in [0.15, 0.2) is 30.3 Å². The molecule has 0 radical (unpaired) electrons. The molecule has 1 aromatic heterocycles. The lowest BCUT2D eigenvalue weighted by atomic mass is 10.3. The van der Waals surface area contributed by atoms with E-state index in [0.29, 0.717) is 17.8 Å². The van der Waals surface area contributed by atoms with Crippen LogP contribution >= 0.6 is 15.9 Å². The molecule has 0 saturated heterocycles. The molecule has 0 spiro atoms. The minimum atomic E-state index is 0.594. The van der Waals surface area contributed by atoms with E-state index in [-0.39, 0.29) is 0 Å². The second-order valence-electron chi connectivity index (χ2n) is 3.11. The average Bonchev–Trinajstić information content (AvgIpc) is 2.72. The summed E-state index contributed by atoms with van der Waals surface area (Å²) in [5, 5.41) is 9.39. The molecule has 84 valence electrons. The van der Waals surface area contributed by atoms with Crippen LogP contribution in [0.1, 0.15) is 6.92 Å². The van der Waals surface area contributed by atoms with Gasteiger partial charge in [-0.25, -0.2) is 0 Å². The van der Waals surface area contributed by atoms with Gasteiger partial charge >= 0.3 is 0 Å². The number of aromatic nitrogens is 3. The van der Waals surface area contributed by atoms with Gasteiger partial charge in [0.1, 0.15) is 11.0 Å². The van der Waals surface area contributed by atoms with Crippen molar-refractivity contribution in [2.75, 3.05) is 11.9 Å². The molecule has 0 saturated carbocycles. The maximum absolute atomic E-state index is 5.47. The Morgan fingerprint density at radius 3 is 2.50 bits per heavy atom. The summed E-state index contributed by atoms with van der Waals surface area (Å²) in [4.78, 5) is 1.52. The maximum Gasteiger partial charge on any atom is 0.229 e. The van der Waals surface area contributed by atoms with Crippen LogP contribution in [0.4, 0.5) is 0 Å². The third-order valence-corrected chi connectivity index (χ3v) is 2.35.